The molecule has 1 aromatic rings. The molecule has 1 fully saturated rings. The lowest BCUT2D eigenvalue weighted by Crippen LogP contribution is -2.33. The lowest BCUT2D eigenvalue weighted by molar-refractivity contribution is 0.00429. The largest absolute Gasteiger partial charge is 0.376 e. The minimum absolute atomic E-state index is 0.0239. The number of aliphatic imine (C=N–C) groups is 1. The SMILES string of the molecule is COC1(CN=C(N)Nc2cc(F)ccc2F)CCCC1. The zero-order valence-corrected chi connectivity index (χ0v) is 11.5. The van der Waals surface area contributed by atoms with Gasteiger partial charge in [0.05, 0.1) is 17.8 Å². The fraction of sp³-hybridized carbons (Fsp3) is 0.500. The summed E-state index contributed by atoms with van der Waals surface area (Å²) in [5.74, 6) is -1.06. The van der Waals surface area contributed by atoms with E-state index in [9.17, 15) is 8.78 Å². The number of ether oxygens (including phenoxy) is 1. The molecule has 1 aliphatic rings. The van der Waals surface area contributed by atoms with Gasteiger partial charge in [0.15, 0.2) is 5.96 Å². The highest BCUT2D eigenvalue weighted by Crippen LogP contribution is 2.32. The summed E-state index contributed by atoms with van der Waals surface area (Å²) in [6.45, 7) is 0.416. The monoisotopic (exact) mass is 283 g/mol. The van der Waals surface area contributed by atoms with Gasteiger partial charge in [-0.3, -0.25) is 4.99 Å². The van der Waals surface area contributed by atoms with Crippen LogP contribution in [0.4, 0.5) is 14.5 Å². The Kier molecular flexibility index (Phi) is 4.54. The van der Waals surface area contributed by atoms with Crippen molar-refractivity contribution in [2.45, 2.75) is 31.3 Å². The molecule has 0 aliphatic heterocycles. The van der Waals surface area contributed by atoms with E-state index in [0.717, 1.165) is 43.9 Å². The van der Waals surface area contributed by atoms with E-state index < -0.39 is 11.6 Å². The first-order valence-corrected chi connectivity index (χ1v) is 6.62. The van der Waals surface area contributed by atoms with Crippen LogP contribution in [0.2, 0.25) is 0 Å². The average Bonchev–Trinajstić information content (AvgIpc) is 2.90. The van der Waals surface area contributed by atoms with Crippen molar-refractivity contribution in [3.8, 4) is 0 Å². The Bertz CT molecular complexity index is 499. The molecule has 0 spiro atoms. The Labute approximate surface area is 117 Å². The van der Waals surface area contributed by atoms with Gasteiger partial charge >= 0.3 is 0 Å². The molecular formula is C14H19F2N3O. The van der Waals surface area contributed by atoms with Crippen molar-refractivity contribution in [2.24, 2.45) is 10.7 Å². The summed E-state index contributed by atoms with van der Waals surface area (Å²) in [5, 5.41) is 2.57. The third-order valence-corrected chi connectivity index (χ3v) is 3.68. The normalized spacial score (nSPS) is 18.2. The smallest absolute Gasteiger partial charge is 0.193 e. The highest BCUT2D eigenvalue weighted by Gasteiger charge is 2.33. The van der Waals surface area contributed by atoms with Crippen molar-refractivity contribution in [3.05, 3.63) is 29.8 Å². The van der Waals surface area contributed by atoms with Crippen molar-refractivity contribution >= 4 is 11.6 Å². The van der Waals surface area contributed by atoms with Gasteiger partial charge in [-0.05, 0) is 25.0 Å². The predicted octanol–water partition coefficient (Wildman–Crippen LogP) is 2.65. The molecule has 20 heavy (non-hydrogen) atoms. The molecule has 1 aliphatic carbocycles. The van der Waals surface area contributed by atoms with Gasteiger partial charge in [0.2, 0.25) is 0 Å². The summed E-state index contributed by atoms with van der Waals surface area (Å²) < 4.78 is 32.0. The van der Waals surface area contributed by atoms with Crippen LogP contribution < -0.4 is 11.1 Å². The Morgan fingerprint density at radius 3 is 2.75 bits per heavy atom. The minimum atomic E-state index is -0.577. The third-order valence-electron chi connectivity index (χ3n) is 3.68. The second-order valence-corrected chi connectivity index (χ2v) is 5.04. The van der Waals surface area contributed by atoms with E-state index in [1.165, 1.54) is 0 Å². The lowest BCUT2D eigenvalue weighted by Gasteiger charge is -2.25. The molecule has 0 heterocycles. The fourth-order valence-corrected chi connectivity index (χ4v) is 2.45. The molecule has 0 atom stereocenters. The molecule has 6 heteroatoms. The number of nitrogens with zero attached hydrogens (tertiary/aromatic N) is 1. The van der Waals surface area contributed by atoms with Gasteiger partial charge in [0.25, 0.3) is 0 Å². The first-order valence-electron chi connectivity index (χ1n) is 6.62. The Hall–Kier alpha value is -1.69. The predicted molar refractivity (Wildman–Crippen MR) is 74.7 cm³/mol. The van der Waals surface area contributed by atoms with Crippen molar-refractivity contribution in [2.75, 3.05) is 19.0 Å². The molecule has 0 amide bonds. The van der Waals surface area contributed by atoms with Crippen molar-refractivity contribution < 1.29 is 13.5 Å². The number of guanidine groups is 1. The molecule has 4 nitrogen and oxygen atoms in total. The zero-order valence-electron chi connectivity index (χ0n) is 11.5. The Morgan fingerprint density at radius 1 is 1.40 bits per heavy atom. The van der Waals surface area contributed by atoms with Crippen LogP contribution in [0.1, 0.15) is 25.7 Å². The lowest BCUT2D eigenvalue weighted by atomic mass is 10.0. The van der Waals surface area contributed by atoms with Crippen LogP contribution in [0.25, 0.3) is 0 Å². The molecule has 0 saturated heterocycles. The maximum atomic E-state index is 13.4. The number of anilines is 1. The van der Waals surface area contributed by atoms with Gasteiger partial charge in [0, 0.05) is 13.2 Å². The van der Waals surface area contributed by atoms with E-state index in [2.05, 4.69) is 10.3 Å². The minimum Gasteiger partial charge on any atom is -0.376 e. The van der Waals surface area contributed by atoms with Gasteiger partial charge in [-0.15, -0.1) is 0 Å². The molecule has 3 N–H and O–H groups in total. The molecule has 2 rings (SSSR count). The van der Waals surface area contributed by atoms with Crippen LogP contribution in [0, 0.1) is 11.6 Å². The molecule has 110 valence electrons. The summed E-state index contributed by atoms with van der Waals surface area (Å²) in [7, 11) is 1.66. The summed E-state index contributed by atoms with van der Waals surface area (Å²) >= 11 is 0. The number of rotatable bonds is 4. The number of nitrogens with one attached hydrogen (secondary N) is 1. The van der Waals surface area contributed by atoms with E-state index in [-0.39, 0.29) is 17.2 Å². The molecular weight excluding hydrogens is 264 g/mol. The molecule has 0 bridgehead atoms. The third kappa shape index (κ3) is 3.45. The van der Waals surface area contributed by atoms with E-state index in [1.807, 2.05) is 0 Å². The van der Waals surface area contributed by atoms with Crippen LogP contribution in [-0.2, 0) is 4.74 Å². The number of nitrogens with two attached hydrogens (primary N) is 1. The van der Waals surface area contributed by atoms with Gasteiger partial charge in [-0.2, -0.15) is 0 Å². The molecule has 0 aromatic heterocycles. The maximum Gasteiger partial charge on any atom is 0.193 e. The molecule has 1 saturated carbocycles. The van der Waals surface area contributed by atoms with Gasteiger partial charge < -0.3 is 15.8 Å². The standard InChI is InChI=1S/C14H19F2N3O/c1-20-14(6-2-3-7-14)9-18-13(17)19-12-8-10(15)4-5-11(12)16/h4-5,8H,2-3,6-7,9H2,1H3,(H3,17,18,19). The van der Waals surface area contributed by atoms with Gasteiger partial charge in [-0.1, -0.05) is 12.8 Å². The number of hydrogen-bond donors (Lipinski definition) is 2. The Morgan fingerprint density at radius 2 is 2.10 bits per heavy atom. The topological polar surface area (TPSA) is 59.6 Å². The molecule has 0 radical (unpaired) electrons. The summed E-state index contributed by atoms with van der Waals surface area (Å²) in [6, 6.07) is 3.13. The summed E-state index contributed by atoms with van der Waals surface area (Å²) in [6.07, 6.45) is 4.09. The highest BCUT2D eigenvalue weighted by atomic mass is 19.1. The van der Waals surface area contributed by atoms with Crippen LogP contribution in [-0.4, -0.2) is 25.2 Å². The molecule has 0 unspecified atom stereocenters. The highest BCUT2D eigenvalue weighted by molar-refractivity contribution is 5.92. The fourth-order valence-electron chi connectivity index (χ4n) is 2.45. The second-order valence-electron chi connectivity index (χ2n) is 5.04. The van der Waals surface area contributed by atoms with Crippen LogP contribution >= 0.6 is 0 Å². The summed E-state index contributed by atoms with van der Waals surface area (Å²) in [4.78, 5) is 4.18. The number of benzene rings is 1. The van der Waals surface area contributed by atoms with Crippen LogP contribution in [0.3, 0.4) is 0 Å². The van der Waals surface area contributed by atoms with E-state index >= 15 is 0 Å². The van der Waals surface area contributed by atoms with E-state index in [1.54, 1.807) is 7.11 Å². The van der Waals surface area contributed by atoms with Crippen LogP contribution in [0.15, 0.2) is 23.2 Å². The van der Waals surface area contributed by atoms with Crippen LogP contribution in [0.5, 0.6) is 0 Å². The maximum absolute atomic E-state index is 13.4. The van der Waals surface area contributed by atoms with Crippen molar-refractivity contribution in [3.63, 3.8) is 0 Å². The Balaban J connectivity index is 2.02. The van der Waals surface area contributed by atoms with Gasteiger partial charge in [0.1, 0.15) is 11.6 Å². The average molecular weight is 283 g/mol. The summed E-state index contributed by atoms with van der Waals surface area (Å²) in [5.41, 5.74) is 5.42. The second kappa shape index (κ2) is 6.17. The van der Waals surface area contributed by atoms with Crippen molar-refractivity contribution in [1.29, 1.82) is 0 Å². The quantitative estimate of drug-likeness (QED) is 0.659. The molecule has 1 aromatic carbocycles. The number of halogens is 2. The zero-order chi connectivity index (χ0) is 14.6. The van der Waals surface area contributed by atoms with Gasteiger partial charge in [-0.25, -0.2) is 8.78 Å². The van der Waals surface area contributed by atoms with E-state index in [4.69, 9.17) is 10.5 Å². The number of methoxy groups -OCH3 is 1. The number of hydrogen-bond acceptors (Lipinski definition) is 2. The van der Waals surface area contributed by atoms with E-state index in [0.29, 0.717) is 6.54 Å². The van der Waals surface area contributed by atoms with Crippen molar-refractivity contribution in [1.82, 2.24) is 0 Å². The first-order chi connectivity index (χ1) is 9.54. The first kappa shape index (κ1) is 14.7.